The number of hydrogen-bond donors (Lipinski definition) is 1. The summed E-state index contributed by atoms with van der Waals surface area (Å²) in [6, 6.07) is 15.1. The Kier molecular flexibility index (Phi) is 7.95. The van der Waals surface area contributed by atoms with E-state index in [0.29, 0.717) is 18.0 Å². The van der Waals surface area contributed by atoms with Crippen LogP contribution in [0.2, 0.25) is 5.02 Å². The molecule has 0 aliphatic heterocycles. The normalized spacial score (nSPS) is 11.6. The lowest BCUT2D eigenvalue weighted by Gasteiger charge is -2.16. The summed E-state index contributed by atoms with van der Waals surface area (Å²) in [5.41, 5.74) is 1.22. The molecule has 6 heteroatoms. The number of benzene rings is 2. The Morgan fingerprint density at radius 2 is 1.84 bits per heavy atom. The first-order valence-electron chi connectivity index (χ1n) is 7.99. The summed E-state index contributed by atoms with van der Waals surface area (Å²) < 4.78 is 10.9. The van der Waals surface area contributed by atoms with Crippen LogP contribution in [0.1, 0.15) is 12.5 Å². The first-order chi connectivity index (χ1) is 12.1. The summed E-state index contributed by atoms with van der Waals surface area (Å²) in [6.07, 6.45) is -0.586. The largest absolute Gasteiger partial charge is 0.493 e. The topological polar surface area (TPSA) is 47.6 Å². The van der Waals surface area contributed by atoms with Crippen LogP contribution in [0.25, 0.3) is 0 Å². The van der Waals surface area contributed by atoms with Gasteiger partial charge in [-0.05, 0) is 36.8 Å². The fourth-order valence-electron chi connectivity index (χ4n) is 2.12. The van der Waals surface area contributed by atoms with Gasteiger partial charge in [-0.1, -0.05) is 35.9 Å². The van der Waals surface area contributed by atoms with Crippen molar-refractivity contribution in [3.8, 4) is 11.5 Å². The molecule has 0 aliphatic rings. The zero-order valence-corrected chi connectivity index (χ0v) is 15.9. The van der Waals surface area contributed by atoms with Crippen molar-refractivity contribution in [1.82, 2.24) is 5.32 Å². The van der Waals surface area contributed by atoms with E-state index in [1.165, 1.54) is 5.56 Å². The summed E-state index contributed by atoms with van der Waals surface area (Å²) in [6.45, 7) is 2.32. The van der Waals surface area contributed by atoms with Crippen molar-refractivity contribution < 1.29 is 14.3 Å². The predicted molar refractivity (Wildman–Crippen MR) is 104 cm³/mol. The minimum absolute atomic E-state index is 0.141. The highest BCUT2D eigenvalue weighted by Crippen LogP contribution is 2.26. The number of thioether (sulfide) groups is 1. The second-order valence-electron chi connectivity index (χ2n) is 5.38. The Balaban J connectivity index is 1.68. The number of amides is 1. The third-order valence-electron chi connectivity index (χ3n) is 3.47. The van der Waals surface area contributed by atoms with Gasteiger partial charge in [-0.2, -0.15) is 11.8 Å². The number of hydrogen-bond acceptors (Lipinski definition) is 4. The van der Waals surface area contributed by atoms with Gasteiger partial charge in [0, 0.05) is 23.1 Å². The number of ether oxygens (including phenoxy) is 2. The number of methoxy groups -OCH3 is 1. The van der Waals surface area contributed by atoms with Crippen LogP contribution in [0, 0.1) is 0 Å². The Morgan fingerprint density at radius 1 is 1.16 bits per heavy atom. The molecule has 0 radical (unpaired) electrons. The summed E-state index contributed by atoms with van der Waals surface area (Å²) >= 11 is 7.62. The third-order valence-corrected chi connectivity index (χ3v) is 4.75. The van der Waals surface area contributed by atoms with E-state index in [9.17, 15) is 4.79 Å². The number of rotatable bonds is 9. The van der Waals surface area contributed by atoms with E-state index in [0.717, 1.165) is 16.5 Å². The molecule has 2 aromatic rings. The smallest absolute Gasteiger partial charge is 0.260 e. The van der Waals surface area contributed by atoms with E-state index in [2.05, 4.69) is 5.32 Å². The van der Waals surface area contributed by atoms with Crippen molar-refractivity contribution in [2.45, 2.75) is 18.8 Å². The second-order valence-corrected chi connectivity index (χ2v) is 6.92. The molecule has 0 fully saturated rings. The van der Waals surface area contributed by atoms with E-state index in [1.54, 1.807) is 37.9 Å². The molecule has 25 heavy (non-hydrogen) atoms. The van der Waals surface area contributed by atoms with Gasteiger partial charge in [0.15, 0.2) is 17.6 Å². The fraction of sp³-hybridized carbons (Fsp3) is 0.316. The molecule has 0 saturated carbocycles. The molecule has 0 aliphatic carbocycles. The predicted octanol–water partition coefficient (Wildman–Crippen LogP) is 4.17. The lowest BCUT2D eigenvalue weighted by atomic mass is 10.2. The van der Waals surface area contributed by atoms with Crippen LogP contribution < -0.4 is 14.8 Å². The number of para-hydroxylation sites is 2. The number of halogens is 1. The van der Waals surface area contributed by atoms with Crippen LogP contribution in [0.15, 0.2) is 48.5 Å². The molecule has 134 valence electrons. The van der Waals surface area contributed by atoms with Crippen LogP contribution in [0.5, 0.6) is 11.5 Å². The highest BCUT2D eigenvalue weighted by Gasteiger charge is 2.15. The number of carbonyl (C=O) groups is 1. The lowest BCUT2D eigenvalue weighted by Crippen LogP contribution is -2.37. The average Bonchev–Trinajstić information content (AvgIpc) is 2.63. The van der Waals surface area contributed by atoms with Gasteiger partial charge in [-0.25, -0.2) is 0 Å². The molecule has 2 aromatic carbocycles. The molecular formula is C19H22ClNO3S. The minimum Gasteiger partial charge on any atom is -0.493 e. The van der Waals surface area contributed by atoms with E-state index in [4.69, 9.17) is 21.1 Å². The Hall–Kier alpha value is -1.85. The van der Waals surface area contributed by atoms with Crippen molar-refractivity contribution in [3.05, 3.63) is 59.1 Å². The van der Waals surface area contributed by atoms with Crippen molar-refractivity contribution in [3.63, 3.8) is 0 Å². The van der Waals surface area contributed by atoms with Gasteiger partial charge < -0.3 is 14.8 Å². The van der Waals surface area contributed by atoms with Crippen LogP contribution in [-0.4, -0.2) is 31.4 Å². The van der Waals surface area contributed by atoms with E-state index in [-0.39, 0.29) is 5.91 Å². The Labute approximate surface area is 157 Å². The van der Waals surface area contributed by atoms with Crippen LogP contribution >= 0.6 is 23.4 Å². The molecule has 4 nitrogen and oxygen atoms in total. The summed E-state index contributed by atoms with van der Waals surface area (Å²) in [5.74, 6) is 2.75. The lowest BCUT2D eigenvalue weighted by molar-refractivity contribution is -0.127. The molecule has 1 atom stereocenters. The van der Waals surface area contributed by atoms with Crippen LogP contribution in [0.4, 0.5) is 0 Å². The van der Waals surface area contributed by atoms with Crippen molar-refractivity contribution in [2.75, 3.05) is 19.4 Å². The summed E-state index contributed by atoms with van der Waals surface area (Å²) in [4.78, 5) is 12.1. The molecule has 1 N–H and O–H groups in total. The fourth-order valence-corrected chi connectivity index (χ4v) is 3.07. The molecule has 0 aromatic heterocycles. The van der Waals surface area contributed by atoms with Gasteiger partial charge in [-0.3, -0.25) is 4.79 Å². The highest BCUT2D eigenvalue weighted by atomic mass is 35.5. The van der Waals surface area contributed by atoms with E-state index in [1.807, 2.05) is 36.4 Å². The molecular weight excluding hydrogens is 358 g/mol. The van der Waals surface area contributed by atoms with Gasteiger partial charge in [0.25, 0.3) is 5.91 Å². The maximum Gasteiger partial charge on any atom is 0.260 e. The molecule has 2 rings (SSSR count). The standard InChI is InChI=1S/C19H22ClNO3S/c1-14(24-18-6-4-3-5-17(18)23-2)19(22)21-11-12-25-13-15-7-9-16(20)10-8-15/h3-10,14H,11-13H2,1-2H3,(H,21,22)/t14-/m0/s1. The Bertz CT molecular complexity index is 679. The van der Waals surface area contributed by atoms with Crippen LogP contribution in [-0.2, 0) is 10.5 Å². The molecule has 1 amide bonds. The van der Waals surface area contributed by atoms with Gasteiger partial charge in [0.2, 0.25) is 0 Å². The van der Waals surface area contributed by atoms with Crippen molar-refractivity contribution in [2.24, 2.45) is 0 Å². The minimum atomic E-state index is -0.586. The summed E-state index contributed by atoms with van der Waals surface area (Å²) in [5, 5.41) is 3.63. The first-order valence-corrected chi connectivity index (χ1v) is 9.53. The van der Waals surface area contributed by atoms with Gasteiger partial charge in [0.1, 0.15) is 0 Å². The van der Waals surface area contributed by atoms with Gasteiger partial charge in [0.05, 0.1) is 7.11 Å². The van der Waals surface area contributed by atoms with E-state index >= 15 is 0 Å². The molecule has 0 heterocycles. The maximum absolute atomic E-state index is 12.1. The Morgan fingerprint density at radius 3 is 2.52 bits per heavy atom. The van der Waals surface area contributed by atoms with Gasteiger partial charge >= 0.3 is 0 Å². The molecule has 0 saturated heterocycles. The maximum atomic E-state index is 12.1. The highest BCUT2D eigenvalue weighted by molar-refractivity contribution is 7.98. The average molecular weight is 380 g/mol. The summed E-state index contributed by atoms with van der Waals surface area (Å²) in [7, 11) is 1.57. The molecule has 0 unspecified atom stereocenters. The number of nitrogens with one attached hydrogen (secondary N) is 1. The number of carbonyl (C=O) groups excluding carboxylic acids is 1. The first kappa shape index (κ1) is 19.5. The van der Waals surface area contributed by atoms with Crippen molar-refractivity contribution in [1.29, 1.82) is 0 Å². The molecule has 0 bridgehead atoms. The SMILES string of the molecule is COc1ccccc1O[C@@H](C)C(=O)NCCSCc1ccc(Cl)cc1. The zero-order valence-electron chi connectivity index (χ0n) is 14.3. The van der Waals surface area contributed by atoms with Gasteiger partial charge in [-0.15, -0.1) is 0 Å². The molecule has 0 spiro atoms. The van der Waals surface area contributed by atoms with Crippen LogP contribution in [0.3, 0.4) is 0 Å². The third kappa shape index (κ3) is 6.52. The monoisotopic (exact) mass is 379 g/mol. The van der Waals surface area contributed by atoms with E-state index < -0.39 is 6.10 Å². The second kappa shape index (κ2) is 10.2. The quantitative estimate of drug-likeness (QED) is 0.664. The van der Waals surface area contributed by atoms with Crippen molar-refractivity contribution >= 4 is 29.3 Å². The zero-order chi connectivity index (χ0) is 18.1.